The van der Waals surface area contributed by atoms with Crippen LogP contribution in [0.15, 0.2) is 29.2 Å². The summed E-state index contributed by atoms with van der Waals surface area (Å²) in [5.41, 5.74) is -1.58. The molecule has 1 aromatic carbocycles. The number of hydrogen-bond donors (Lipinski definition) is 2. The van der Waals surface area contributed by atoms with Gasteiger partial charge in [0.25, 0.3) is 19.6 Å². The molecule has 2 N–H and O–H groups in total. The van der Waals surface area contributed by atoms with Gasteiger partial charge in [0.2, 0.25) is 18.0 Å². The molecule has 238 valence electrons. The Bertz CT molecular complexity index is 1570. The van der Waals surface area contributed by atoms with E-state index < -0.39 is 67.6 Å². The zero-order valence-corrected chi connectivity index (χ0v) is 27.0. The molecule has 1 aromatic heterocycles. The van der Waals surface area contributed by atoms with Gasteiger partial charge in [0.1, 0.15) is 23.4 Å². The standard InChI is InChI=1S/C26H29F2N4O11P.Na/c27-16-5-4-15(19(28)9-16)10-29-24(34)18-12-30-13-20-31-6-1-3-17(31)11-32(20)25(35)21(30)23(22(18)33)41-14-42-26(36)40-7-2-8-43-44(37,38)39;/h4-5,9,12,17,20H,1-3,6-8,10-11,13-14H2,(H,29,34)(H2,37,38,39);/q;+1/p-1/t17-,20+;/m1./s1. The number of ether oxygens (including phenoxy) is 3. The van der Waals surface area contributed by atoms with Crippen LogP contribution in [0, 0.1) is 11.6 Å². The van der Waals surface area contributed by atoms with E-state index in [0.717, 1.165) is 31.5 Å². The van der Waals surface area contributed by atoms with Crippen LogP contribution in [0.25, 0.3) is 0 Å². The molecule has 45 heavy (non-hydrogen) atoms. The van der Waals surface area contributed by atoms with E-state index in [-0.39, 0.29) is 79.1 Å². The summed E-state index contributed by atoms with van der Waals surface area (Å²) in [4.78, 5) is 75.1. The second-order valence-corrected chi connectivity index (χ2v) is 11.4. The number of phosphoric ester groups is 1. The molecule has 0 aliphatic carbocycles. The molecule has 5 rings (SSSR count). The third-order valence-corrected chi connectivity index (χ3v) is 7.99. The zero-order valence-electron chi connectivity index (χ0n) is 24.1. The van der Waals surface area contributed by atoms with E-state index >= 15 is 0 Å². The molecule has 4 heterocycles. The van der Waals surface area contributed by atoms with E-state index in [1.165, 1.54) is 10.8 Å². The fourth-order valence-corrected chi connectivity index (χ4v) is 5.87. The first kappa shape index (κ1) is 35.0. The summed E-state index contributed by atoms with van der Waals surface area (Å²) in [5.74, 6) is -3.65. The van der Waals surface area contributed by atoms with Gasteiger partial charge in [0.05, 0.1) is 19.8 Å². The SMILES string of the molecule is O=C(OCCCOP(=O)([O-])O)OCOc1c2n(cc(C(=O)NCc3ccc(F)cc3F)c1=O)C[C@@H]1N(C[C@H]3CCCN31)C2=O.[Na+]. The number of pyridine rings is 1. The number of carbonyl (C=O) groups excluding carboxylic acids is 3. The predicted octanol–water partition coefficient (Wildman–Crippen LogP) is -2.32. The Morgan fingerprint density at radius 2 is 1.93 bits per heavy atom. The van der Waals surface area contributed by atoms with Crippen LogP contribution in [0.3, 0.4) is 0 Å². The van der Waals surface area contributed by atoms with E-state index in [0.29, 0.717) is 12.6 Å². The molecule has 3 atom stereocenters. The predicted molar refractivity (Wildman–Crippen MR) is 141 cm³/mol. The number of fused-ring (bicyclic) bond motifs is 4. The van der Waals surface area contributed by atoms with Crippen LogP contribution < -0.4 is 49.9 Å². The molecule has 0 radical (unpaired) electrons. The topological polar surface area (TPSA) is 189 Å². The first-order valence-corrected chi connectivity index (χ1v) is 15.1. The van der Waals surface area contributed by atoms with Gasteiger partial charge in [0, 0.05) is 49.9 Å². The maximum absolute atomic E-state index is 14.1. The van der Waals surface area contributed by atoms with Crippen molar-refractivity contribution in [3.63, 3.8) is 0 Å². The largest absolute Gasteiger partial charge is 1.00 e. The van der Waals surface area contributed by atoms with Gasteiger partial charge in [0.15, 0.2) is 5.69 Å². The van der Waals surface area contributed by atoms with E-state index in [2.05, 4.69) is 14.7 Å². The van der Waals surface area contributed by atoms with E-state index in [1.54, 1.807) is 4.90 Å². The molecule has 2 saturated heterocycles. The molecule has 2 fully saturated rings. The van der Waals surface area contributed by atoms with Crippen LogP contribution in [0.4, 0.5) is 13.6 Å². The Kier molecular flexibility index (Phi) is 11.4. The molecule has 3 aliphatic rings. The van der Waals surface area contributed by atoms with Crippen molar-refractivity contribution < 1.29 is 85.8 Å². The smallest absolute Gasteiger partial charge is 0.756 e. The molecular weight excluding hydrogens is 636 g/mol. The van der Waals surface area contributed by atoms with E-state index in [9.17, 15) is 37.4 Å². The molecule has 2 aromatic rings. The number of aromatic nitrogens is 1. The summed E-state index contributed by atoms with van der Waals surface area (Å²) in [6.07, 6.45) is 1.45. The zero-order chi connectivity index (χ0) is 31.6. The molecule has 19 heteroatoms. The van der Waals surface area contributed by atoms with Crippen LogP contribution >= 0.6 is 7.82 Å². The molecule has 2 amide bonds. The molecule has 0 saturated carbocycles. The van der Waals surface area contributed by atoms with Crippen molar-refractivity contribution >= 4 is 25.8 Å². The van der Waals surface area contributed by atoms with Crippen LogP contribution in [0.2, 0.25) is 0 Å². The van der Waals surface area contributed by atoms with Gasteiger partial charge in [-0.2, -0.15) is 0 Å². The Morgan fingerprint density at radius 3 is 2.67 bits per heavy atom. The maximum atomic E-state index is 14.1. The Labute approximate surface area is 276 Å². The van der Waals surface area contributed by atoms with Gasteiger partial charge in [-0.25, -0.2) is 13.6 Å². The minimum Gasteiger partial charge on any atom is -0.756 e. The summed E-state index contributed by atoms with van der Waals surface area (Å²) in [7, 11) is -4.91. The molecule has 3 aliphatic heterocycles. The fourth-order valence-electron chi connectivity index (χ4n) is 5.52. The summed E-state index contributed by atoms with van der Waals surface area (Å²) in [5, 5.41) is 2.42. The average molecular weight is 664 g/mol. The van der Waals surface area contributed by atoms with Crippen LogP contribution in [-0.4, -0.2) is 82.5 Å². The second kappa shape index (κ2) is 14.7. The number of amides is 2. The number of phosphoric acid groups is 1. The fraction of sp³-hybridized carbons (Fsp3) is 0.462. The van der Waals surface area contributed by atoms with Crippen LogP contribution in [0.5, 0.6) is 5.75 Å². The van der Waals surface area contributed by atoms with Crippen molar-refractivity contribution in [1.29, 1.82) is 0 Å². The first-order chi connectivity index (χ1) is 20.9. The number of carbonyl (C=O) groups is 3. The minimum atomic E-state index is -4.91. The van der Waals surface area contributed by atoms with E-state index in [4.69, 9.17) is 19.1 Å². The quantitative estimate of drug-likeness (QED) is 0.0860. The van der Waals surface area contributed by atoms with Gasteiger partial charge in [-0.3, -0.25) is 23.8 Å². The minimum absolute atomic E-state index is 0. The number of halogens is 2. The number of rotatable bonds is 11. The van der Waals surface area contributed by atoms with Gasteiger partial charge >= 0.3 is 35.7 Å². The molecular formula is C26H28F2N4NaO11P. The molecule has 0 spiro atoms. The number of benzene rings is 1. The first-order valence-electron chi connectivity index (χ1n) is 13.6. The van der Waals surface area contributed by atoms with Crippen LogP contribution in [0.1, 0.15) is 45.7 Å². The average Bonchev–Trinajstić information content (AvgIpc) is 3.55. The van der Waals surface area contributed by atoms with Gasteiger partial charge in [-0.05, 0) is 18.9 Å². The third kappa shape index (κ3) is 8.10. The number of nitrogens with one attached hydrogen (secondary N) is 1. The Morgan fingerprint density at radius 1 is 1.16 bits per heavy atom. The van der Waals surface area contributed by atoms with Gasteiger partial charge in [-0.15, -0.1) is 0 Å². The third-order valence-electron chi connectivity index (χ3n) is 7.48. The monoisotopic (exact) mass is 664 g/mol. The normalized spacial score (nSPS) is 19.9. The molecule has 15 nitrogen and oxygen atoms in total. The number of hydrogen-bond acceptors (Lipinski definition) is 11. The summed E-state index contributed by atoms with van der Waals surface area (Å²) >= 11 is 0. The second-order valence-electron chi connectivity index (χ2n) is 10.3. The summed E-state index contributed by atoms with van der Waals surface area (Å²) < 4.78 is 58.5. The van der Waals surface area contributed by atoms with Crippen molar-refractivity contribution in [3.8, 4) is 5.75 Å². The molecule has 1 unspecified atom stereocenters. The van der Waals surface area contributed by atoms with Crippen LogP contribution in [-0.2, 0) is 31.7 Å². The Balaban J connectivity index is 0.00000461. The van der Waals surface area contributed by atoms with Gasteiger partial charge < -0.3 is 43.3 Å². The number of nitrogens with zero attached hydrogens (tertiary/aromatic N) is 3. The maximum Gasteiger partial charge on any atom is 1.00 e. The Hall–Kier alpha value is -2.89. The van der Waals surface area contributed by atoms with Crippen molar-refractivity contribution in [2.75, 3.05) is 33.1 Å². The summed E-state index contributed by atoms with van der Waals surface area (Å²) in [6.45, 7) is -0.590. The summed E-state index contributed by atoms with van der Waals surface area (Å²) in [6, 6.07) is 2.99. The van der Waals surface area contributed by atoms with Crippen molar-refractivity contribution in [1.82, 2.24) is 19.7 Å². The van der Waals surface area contributed by atoms with E-state index in [1.807, 2.05) is 0 Å². The van der Waals surface area contributed by atoms with Crippen molar-refractivity contribution in [3.05, 3.63) is 63.1 Å². The van der Waals surface area contributed by atoms with Crippen molar-refractivity contribution in [2.24, 2.45) is 0 Å². The van der Waals surface area contributed by atoms with Gasteiger partial charge in [-0.1, -0.05) is 6.07 Å². The molecule has 0 bridgehead atoms. The van der Waals surface area contributed by atoms with Crippen molar-refractivity contribution in [2.45, 2.75) is 44.6 Å².